The second kappa shape index (κ2) is 22.0. The monoisotopic (exact) mass is 428 g/mol. The third-order valence-corrected chi connectivity index (χ3v) is 6.15. The quantitative estimate of drug-likeness (QED) is 0.243. The van der Waals surface area contributed by atoms with Crippen molar-refractivity contribution in [1.29, 1.82) is 0 Å². The van der Waals surface area contributed by atoms with Gasteiger partial charge in [-0.3, -0.25) is 0 Å². The molecule has 180 valence electrons. The summed E-state index contributed by atoms with van der Waals surface area (Å²) in [6, 6.07) is 0. The van der Waals surface area contributed by atoms with Crippen molar-refractivity contribution in [2.45, 2.75) is 135 Å². The van der Waals surface area contributed by atoms with Crippen LogP contribution >= 0.6 is 0 Å². The van der Waals surface area contributed by atoms with Crippen LogP contribution in [0.15, 0.2) is 0 Å². The van der Waals surface area contributed by atoms with Gasteiger partial charge in [-0.25, -0.2) is 0 Å². The molecule has 30 heavy (non-hydrogen) atoms. The summed E-state index contributed by atoms with van der Waals surface area (Å²) in [6.45, 7) is 5.38. The van der Waals surface area contributed by atoms with Crippen LogP contribution in [0.25, 0.3) is 0 Å². The highest BCUT2D eigenvalue weighted by molar-refractivity contribution is 4.61. The number of hydrogen-bond donors (Lipinski definition) is 1. The lowest BCUT2D eigenvalue weighted by molar-refractivity contribution is -0.0617. The third kappa shape index (κ3) is 18.6. The molecule has 2 atom stereocenters. The highest BCUT2D eigenvalue weighted by Gasteiger charge is 2.13. The fourth-order valence-electron chi connectivity index (χ4n) is 4.07. The number of rotatable bonds is 18. The van der Waals surface area contributed by atoms with Crippen LogP contribution in [0.4, 0.5) is 0 Å². The van der Waals surface area contributed by atoms with Gasteiger partial charge in [-0.2, -0.15) is 0 Å². The Kier molecular flexibility index (Phi) is 20.5. The molecule has 0 spiro atoms. The van der Waals surface area contributed by atoms with E-state index in [0.29, 0.717) is 32.8 Å². The molecule has 1 aliphatic heterocycles. The molecule has 0 radical (unpaired) electrons. The summed E-state index contributed by atoms with van der Waals surface area (Å²) in [4.78, 5) is 0. The second-order valence-corrected chi connectivity index (χ2v) is 9.18. The van der Waals surface area contributed by atoms with Crippen molar-refractivity contribution < 1.29 is 19.3 Å². The molecule has 1 rings (SSSR count). The van der Waals surface area contributed by atoms with E-state index in [0.717, 1.165) is 19.4 Å². The Balaban J connectivity index is 1.78. The summed E-state index contributed by atoms with van der Waals surface area (Å²) >= 11 is 0. The molecular weight excluding hydrogens is 376 g/mol. The molecule has 0 aliphatic carbocycles. The zero-order valence-corrected chi connectivity index (χ0v) is 20.1. The molecule has 1 heterocycles. The highest BCUT2D eigenvalue weighted by Crippen LogP contribution is 2.14. The van der Waals surface area contributed by atoms with Crippen LogP contribution in [-0.2, 0) is 14.2 Å². The van der Waals surface area contributed by atoms with Crippen molar-refractivity contribution in [2.75, 3.05) is 33.0 Å². The van der Waals surface area contributed by atoms with Crippen LogP contribution in [0.1, 0.15) is 122 Å². The van der Waals surface area contributed by atoms with Crippen LogP contribution in [-0.4, -0.2) is 50.3 Å². The minimum atomic E-state index is -0.396. The average molecular weight is 429 g/mol. The van der Waals surface area contributed by atoms with Crippen LogP contribution < -0.4 is 0 Å². The standard InChI is InChI=1S/C26H52O4/c1-2-3-4-5-6-7-8-9-10-11-12-13-14-15-16-17-20-30-26-19-22-28-23-25(27)18-21-29-24-26/h25-27H,2-24H2,1H3. The molecule has 0 aromatic rings. The first-order chi connectivity index (χ1) is 14.8. The Labute approximate surface area is 187 Å². The predicted octanol–water partition coefficient (Wildman–Crippen LogP) is 6.82. The van der Waals surface area contributed by atoms with Crippen LogP contribution in [0.3, 0.4) is 0 Å². The molecule has 0 bridgehead atoms. The summed E-state index contributed by atoms with van der Waals surface area (Å²) in [5, 5.41) is 9.63. The fourth-order valence-corrected chi connectivity index (χ4v) is 4.07. The maximum atomic E-state index is 9.63. The van der Waals surface area contributed by atoms with Crippen LogP contribution in [0.2, 0.25) is 0 Å². The largest absolute Gasteiger partial charge is 0.391 e. The van der Waals surface area contributed by atoms with E-state index in [1.807, 2.05) is 0 Å². The lowest BCUT2D eigenvalue weighted by atomic mass is 10.0. The topological polar surface area (TPSA) is 47.9 Å². The smallest absolute Gasteiger partial charge is 0.0830 e. The summed E-state index contributed by atoms with van der Waals surface area (Å²) in [5.41, 5.74) is 0. The van der Waals surface area contributed by atoms with E-state index in [2.05, 4.69) is 6.92 Å². The second-order valence-electron chi connectivity index (χ2n) is 9.18. The van der Waals surface area contributed by atoms with E-state index in [9.17, 15) is 5.11 Å². The SMILES string of the molecule is CCCCCCCCCCCCCCCCCCOC1CCOCC(O)CCOC1. The molecule has 1 fully saturated rings. The number of unbranched alkanes of at least 4 members (excludes halogenated alkanes) is 15. The average Bonchev–Trinajstić information content (AvgIpc) is 2.75. The number of hydrogen-bond acceptors (Lipinski definition) is 4. The first-order valence-corrected chi connectivity index (χ1v) is 13.3. The van der Waals surface area contributed by atoms with Gasteiger partial charge in [0.25, 0.3) is 0 Å². The van der Waals surface area contributed by atoms with Gasteiger partial charge in [0, 0.05) is 19.8 Å². The van der Waals surface area contributed by atoms with E-state index in [4.69, 9.17) is 14.2 Å². The van der Waals surface area contributed by atoms with Gasteiger partial charge in [0.05, 0.1) is 25.4 Å². The number of ether oxygens (including phenoxy) is 3. The Hall–Kier alpha value is -0.160. The molecule has 0 amide bonds. The van der Waals surface area contributed by atoms with E-state index < -0.39 is 6.10 Å². The predicted molar refractivity (Wildman–Crippen MR) is 126 cm³/mol. The van der Waals surface area contributed by atoms with Crippen LogP contribution in [0.5, 0.6) is 0 Å². The molecule has 0 saturated carbocycles. The summed E-state index contributed by atoms with van der Waals surface area (Å²) in [5.74, 6) is 0. The normalized spacial score (nSPS) is 21.0. The van der Waals surface area contributed by atoms with Gasteiger partial charge >= 0.3 is 0 Å². The van der Waals surface area contributed by atoms with Crippen molar-refractivity contribution in [2.24, 2.45) is 0 Å². The Bertz CT molecular complexity index is 325. The molecule has 1 N–H and O–H groups in total. The van der Waals surface area contributed by atoms with Gasteiger partial charge in [-0.15, -0.1) is 0 Å². The van der Waals surface area contributed by atoms with Gasteiger partial charge in [-0.1, -0.05) is 103 Å². The van der Waals surface area contributed by atoms with Gasteiger partial charge in [0.2, 0.25) is 0 Å². The van der Waals surface area contributed by atoms with Crippen LogP contribution in [0, 0.1) is 0 Å². The molecule has 4 heteroatoms. The Morgan fingerprint density at radius 3 is 1.67 bits per heavy atom. The summed E-state index contributed by atoms with van der Waals surface area (Å²) in [6.07, 6.45) is 23.5. The first kappa shape index (κ1) is 27.9. The maximum Gasteiger partial charge on any atom is 0.0830 e. The van der Waals surface area contributed by atoms with Gasteiger partial charge in [0.15, 0.2) is 0 Å². The minimum Gasteiger partial charge on any atom is -0.391 e. The van der Waals surface area contributed by atoms with E-state index in [1.165, 1.54) is 96.3 Å². The molecule has 0 aromatic carbocycles. The van der Waals surface area contributed by atoms with Crippen molar-refractivity contribution in [3.8, 4) is 0 Å². The Morgan fingerprint density at radius 2 is 1.10 bits per heavy atom. The zero-order valence-electron chi connectivity index (χ0n) is 20.1. The fraction of sp³-hybridized carbons (Fsp3) is 1.00. The van der Waals surface area contributed by atoms with E-state index in [1.54, 1.807) is 0 Å². The number of aliphatic hydroxyl groups is 1. The van der Waals surface area contributed by atoms with Gasteiger partial charge in [0.1, 0.15) is 0 Å². The summed E-state index contributed by atoms with van der Waals surface area (Å²) in [7, 11) is 0. The maximum absolute atomic E-state index is 9.63. The molecule has 1 aliphatic rings. The molecular formula is C26H52O4. The van der Waals surface area contributed by atoms with Gasteiger partial charge < -0.3 is 19.3 Å². The molecule has 0 aromatic heterocycles. The third-order valence-electron chi connectivity index (χ3n) is 6.15. The molecule has 4 nitrogen and oxygen atoms in total. The number of aliphatic hydroxyl groups excluding tert-OH is 1. The molecule has 2 unspecified atom stereocenters. The lowest BCUT2D eigenvalue weighted by Crippen LogP contribution is -2.27. The summed E-state index contributed by atoms with van der Waals surface area (Å²) < 4.78 is 17.1. The van der Waals surface area contributed by atoms with Crippen molar-refractivity contribution in [3.05, 3.63) is 0 Å². The first-order valence-electron chi connectivity index (χ1n) is 13.3. The van der Waals surface area contributed by atoms with Crippen molar-refractivity contribution >= 4 is 0 Å². The molecule has 1 saturated heterocycles. The minimum absolute atomic E-state index is 0.136. The van der Waals surface area contributed by atoms with E-state index >= 15 is 0 Å². The highest BCUT2D eigenvalue weighted by atomic mass is 16.5. The van der Waals surface area contributed by atoms with Gasteiger partial charge in [-0.05, 0) is 19.3 Å². The Morgan fingerprint density at radius 1 is 0.633 bits per heavy atom. The van der Waals surface area contributed by atoms with Crippen molar-refractivity contribution in [1.82, 2.24) is 0 Å². The zero-order chi connectivity index (χ0) is 21.5. The van der Waals surface area contributed by atoms with E-state index in [-0.39, 0.29) is 6.10 Å². The van der Waals surface area contributed by atoms with Crippen molar-refractivity contribution in [3.63, 3.8) is 0 Å². The lowest BCUT2D eigenvalue weighted by Gasteiger charge is -2.21.